The van der Waals surface area contributed by atoms with Gasteiger partial charge in [0.1, 0.15) is 67.8 Å². The Hall–Kier alpha value is -9.38. The second kappa shape index (κ2) is 23.9. The summed E-state index contributed by atoms with van der Waals surface area (Å²) in [5, 5.41) is 14.0. The number of nitrogens with two attached hydrogens (primary N) is 1. The smallest absolute Gasteiger partial charge is 0.274 e. The highest BCUT2D eigenvalue weighted by atomic mass is 16.5. The number of aromatic nitrogens is 4. The summed E-state index contributed by atoms with van der Waals surface area (Å²) in [4.78, 5) is 76.5. The predicted molar refractivity (Wildman–Crippen MR) is 311 cm³/mol. The lowest BCUT2D eigenvalue weighted by Gasteiger charge is -2.17. The number of rotatable bonds is 20. The fourth-order valence-corrected chi connectivity index (χ4v) is 8.38. The van der Waals surface area contributed by atoms with Crippen molar-refractivity contribution in [2.75, 3.05) is 53.4 Å². The minimum Gasteiger partial charge on any atom is -0.493 e. The number of carbonyl (C=O) groups is 4. The Balaban J connectivity index is 1.09. The van der Waals surface area contributed by atoms with Gasteiger partial charge in [0, 0.05) is 51.5 Å². The van der Waals surface area contributed by atoms with Crippen molar-refractivity contribution in [3.63, 3.8) is 0 Å². The molecule has 0 bridgehead atoms. The summed E-state index contributed by atoms with van der Waals surface area (Å²) in [6.07, 6.45) is 0. The maximum Gasteiger partial charge on any atom is 0.274 e. The van der Waals surface area contributed by atoms with E-state index in [-0.39, 0.29) is 63.3 Å². The number of para-hydroxylation sites is 5. The van der Waals surface area contributed by atoms with Gasteiger partial charge in [0.25, 0.3) is 23.6 Å². The average Bonchev–Trinajstić information content (AvgIpc) is 3.59. The zero-order valence-corrected chi connectivity index (χ0v) is 45.4. The number of hydrogen-bond donors (Lipinski definition) is 5. The molecule has 4 aromatic heterocycles. The standard InChI is InChI=1S/C62H63N9O8/c1-34(2)30-76-51-26-47(59(72)64-38-16-10-9-11-17-38)65-55-39(51)22-23-41-53(78-32-36(5)6)28-49(67-56(41)55)61(74)70-45-20-14-15-21-46(45)71-62(75)50-29-54(79-33-37(7)8)42-25-24-40-52(77-31-35(3)4)27-48(66-57(40)58(42)68-50)60(73)69-44-19-13-12-18-43(44)63/h9-29,34-37H,30-33,63H2,1-8H3,(H,64,72)(H,69,73)(H,70,74)(H,71,75). The Morgan fingerprint density at radius 1 is 0.380 bits per heavy atom. The summed E-state index contributed by atoms with van der Waals surface area (Å²) in [5.74, 6) is -0.0856. The highest BCUT2D eigenvalue weighted by molar-refractivity contribution is 6.16. The molecule has 0 saturated carbocycles. The molecular formula is C62H63N9O8. The molecule has 9 rings (SSSR count). The Morgan fingerprint density at radius 2 is 0.658 bits per heavy atom. The summed E-state index contributed by atoms with van der Waals surface area (Å²) in [6.45, 7) is 17.5. The van der Waals surface area contributed by atoms with Crippen LogP contribution in [0.4, 0.5) is 28.4 Å². The largest absolute Gasteiger partial charge is 0.493 e. The summed E-state index contributed by atoms with van der Waals surface area (Å²) in [6, 6.07) is 36.4. The van der Waals surface area contributed by atoms with Gasteiger partial charge in [-0.1, -0.05) is 97.9 Å². The van der Waals surface area contributed by atoms with Gasteiger partial charge in [-0.3, -0.25) is 19.2 Å². The molecule has 6 N–H and O–H groups in total. The van der Waals surface area contributed by atoms with Crippen LogP contribution in [0.3, 0.4) is 0 Å². The van der Waals surface area contributed by atoms with Crippen LogP contribution in [0.1, 0.15) is 97.3 Å². The van der Waals surface area contributed by atoms with E-state index >= 15 is 0 Å². The Bertz CT molecular complexity index is 3770. The van der Waals surface area contributed by atoms with Crippen molar-refractivity contribution in [3.05, 3.63) is 150 Å². The number of benzene rings is 5. The molecule has 0 aliphatic carbocycles. The minimum atomic E-state index is -0.631. The fraction of sp³-hybridized carbons (Fsp3) is 0.258. The second-order valence-electron chi connectivity index (χ2n) is 20.9. The number of pyridine rings is 4. The third-order valence-electron chi connectivity index (χ3n) is 12.2. The van der Waals surface area contributed by atoms with Crippen molar-refractivity contribution in [2.45, 2.75) is 55.4 Å². The molecule has 0 atom stereocenters. The minimum absolute atomic E-state index is 0.0231. The lowest BCUT2D eigenvalue weighted by Crippen LogP contribution is -2.19. The van der Waals surface area contributed by atoms with E-state index in [4.69, 9.17) is 44.6 Å². The predicted octanol–water partition coefficient (Wildman–Crippen LogP) is 12.6. The molecule has 0 aliphatic heterocycles. The molecule has 0 fully saturated rings. The Labute approximate surface area is 457 Å². The highest BCUT2D eigenvalue weighted by Crippen LogP contribution is 2.38. The molecule has 4 heterocycles. The van der Waals surface area contributed by atoms with Crippen molar-refractivity contribution >= 4 is 95.7 Å². The number of nitrogens with zero attached hydrogens (tertiary/aromatic N) is 4. The van der Waals surface area contributed by atoms with Gasteiger partial charge in [-0.2, -0.15) is 0 Å². The summed E-state index contributed by atoms with van der Waals surface area (Å²) in [7, 11) is 0. The van der Waals surface area contributed by atoms with E-state index in [1.165, 1.54) is 0 Å². The van der Waals surface area contributed by atoms with Crippen LogP contribution < -0.4 is 45.9 Å². The van der Waals surface area contributed by atoms with Gasteiger partial charge in [-0.15, -0.1) is 0 Å². The zero-order chi connectivity index (χ0) is 55.9. The monoisotopic (exact) mass is 1060 g/mol. The summed E-state index contributed by atoms with van der Waals surface area (Å²) in [5.41, 5.74) is 9.35. The quantitative estimate of drug-likeness (QED) is 0.0354. The number of anilines is 5. The lowest BCUT2D eigenvalue weighted by atomic mass is 10.1. The van der Waals surface area contributed by atoms with Gasteiger partial charge in [0.15, 0.2) is 0 Å². The number of fused-ring (bicyclic) bond motifs is 6. The van der Waals surface area contributed by atoms with Crippen molar-refractivity contribution in [1.82, 2.24) is 19.9 Å². The Kier molecular flexibility index (Phi) is 16.4. The van der Waals surface area contributed by atoms with E-state index in [2.05, 4.69) is 21.3 Å². The number of nitrogen functional groups attached to an aromatic ring is 1. The van der Waals surface area contributed by atoms with E-state index < -0.39 is 23.6 Å². The zero-order valence-electron chi connectivity index (χ0n) is 45.4. The van der Waals surface area contributed by atoms with Crippen LogP contribution in [0.25, 0.3) is 43.6 Å². The SMILES string of the molecule is CC(C)COc1cc(C(=O)Nc2ccccc2)nc2c1ccc1c(OCC(C)C)cc(C(=O)Nc3ccccc3NC(=O)c3cc(OCC(C)C)c4ccc5c(OCC(C)C)cc(C(=O)Nc6ccccc6N)nc5c4n3)nc12. The van der Waals surface area contributed by atoms with E-state index in [9.17, 15) is 19.2 Å². The van der Waals surface area contributed by atoms with Crippen LogP contribution in [0.5, 0.6) is 23.0 Å². The van der Waals surface area contributed by atoms with Gasteiger partial charge in [-0.05, 0) is 84.3 Å². The second-order valence-corrected chi connectivity index (χ2v) is 20.9. The molecule has 0 radical (unpaired) electrons. The molecule has 17 nitrogen and oxygen atoms in total. The topological polar surface area (TPSA) is 231 Å². The number of hydrogen-bond acceptors (Lipinski definition) is 13. The molecule has 404 valence electrons. The van der Waals surface area contributed by atoms with Gasteiger partial charge in [0.2, 0.25) is 0 Å². The molecule has 4 amide bonds. The third kappa shape index (κ3) is 12.7. The maximum atomic E-state index is 14.6. The van der Waals surface area contributed by atoms with Gasteiger partial charge in [0.05, 0.1) is 49.2 Å². The highest BCUT2D eigenvalue weighted by Gasteiger charge is 2.24. The number of nitrogens with one attached hydrogen (secondary N) is 4. The number of amides is 4. The molecule has 0 saturated heterocycles. The van der Waals surface area contributed by atoms with Crippen molar-refractivity contribution < 1.29 is 38.1 Å². The van der Waals surface area contributed by atoms with Crippen LogP contribution in [0.15, 0.2) is 127 Å². The average molecular weight is 1060 g/mol. The van der Waals surface area contributed by atoms with E-state index in [1.54, 1.807) is 84.9 Å². The molecule has 0 unspecified atom stereocenters. The van der Waals surface area contributed by atoms with Gasteiger partial charge < -0.3 is 45.9 Å². The molecule has 5 aromatic carbocycles. The molecular weight excluding hydrogens is 999 g/mol. The maximum absolute atomic E-state index is 14.6. The molecule has 0 aliphatic rings. The number of ether oxygens (including phenoxy) is 4. The molecule has 0 spiro atoms. The van der Waals surface area contributed by atoms with Crippen molar-refractivity contribution in [3.8, 4) is 23.0 Å². The molecule has 17 heteroatoms. The van der Waals surface area contributed by atoms with Crippen molar-refractivity contribution in [1.29, 1.82) is 0 Å². The molecule has 9 aromatic rings. The van der Waals surface area contributed by atoms with E-state index in [0.29, 0.717) is 105 Å². The van der Waals surface area contributed by atoms with Gasteiger partial charge in [-0.25, -0.2) is 19.9 Å². The van der Waals surface area contributed by atoms with Crippen LogP contribution in [-0.2, 0) is 0 Å². The molecule has 79 heavy (non-hydrogen) atoms. The van der Waals surface area contributed by atoms with E-state index in [0.717, 1.165) is 0 Å². The lowest BCUT2D eigenvalue weighted by molar-refractivity contribution is 0.101. The first-order valence-corrected chi connectivity index (χ1v) is 26.3. The van der Waals surface area contributed by atoms with Crippen LogP contribution >= 0.6 is 0 Å². The normalized spacial score (nSPS) is 11.4. The number of carbonyl (C=O) groups excluding carboxylic acids is 4. The first-order valence-electron chi connectivity index (χ1n) is 26.3. The van der Waals surface area contributed by atoms with E-state index in [1.807, 2.05) is 97.9 Å². The van der Waals surface area contributed by atoms with Crippen molar-refractivity contribution in [2.24, 2.45) is 23.7 Å². The van der Waals surface area contributed by atoms with Crippen LogP contribution in [0.2, 0.25) is 0 Å². The third-order valence-corrected chi connectivity index (χ3v) is 12.2. The summed E-state index contributed by atoms with van der Waals surface area (Å²) < 4.78 is 25.3. The van der Waals surface area contributed by atoms with Crippen LogP contribution in [0, 0.1) is 23.7 Å². The van der Waals surface area contributed by atoms with Gasteiger partial charge >= 0.3 is 0 Å². The first-order chi connectivity index (χ1) is 38.0. The first kappa shape index (κ1) is 54.4. The Morgan fingerprint density at radius 3 is 0.975 bits per heavy atom. The fourth-order valence-electron chi connectivity index (χ4n) is 8.38. The van der Waals surface area contributed by atoms with Crippen LogP contribution in [-0.4, -0.2) is 70.0 Å². The summed E-state index contributed by atoms with van der Waals surface area (Å²) >= 11 is 0.